The number of benzene rings is 1. The molecule has 0 radical (unpaired) electrons. The van der Waals surface area contributed by atoms with Gasteiger partial charge in [-0.25, -0.2) is 0 Å². The molecule has 3 nitrogen and oxygen atoms in total. The lowest BCUT2D eigenvalue weighted by Gasteiger charge is -2.08. The average molecular weight is 311 g/mol. The summed E-state index contributed by atoms with van der Waals surface area (Å²) >= 11 is 9.22. The predicted molar refractivity (Wildman–Crippen MR) is 80.9 cm³/mol. The molecular formula is C13H11ClN2OS2. The second kappa shape index (κ2) is 5.45. The first-order valence-electron chi connectivity index (χ1n) is 5.64. The highest BCUT2D eigenvalue weighted by Gasteiger charge is 2.15. The Balaban J connectivity index is 2.02. The maximum atomic E-state index is 6.01. The van der Waals surface area contributed by atoms with Crippen molar-refractivity contribution in [2.24, 2.45) is 0 Å². The maximum absolute atomic E-state index is 6.01. The molecule has 0 saturated carbocycles. The number of fused-ring (bicyclic) bond motifs is 1. The van der Waals surface area contributed by atoms with E-state index in [0.717, 1.165) is 21.3 Å². The summed E-state index contributed by atoms with van der Waals surface area (Å²) in [5.74, 6) is 1.77. The van der Waals surface area contributed by atoms with E-state index in [1.807, 2.05) is 46.5 Å². The van der Waals surface area contributed by atoms with Gasteiger partial charge in [-0.15, -0.1) is 34.7 Å². The first kappa shape index (κ1) is 12.8. The lowest BCUT2D eigenvalue weighted by atomic mass is 10.3. The highest BCUT2D eigenvalue weighted by Crippen LogP contribution is 2.34. The zero-order valence-electron chi connectivity index (χ0n) is 10.2. The summed E-state index contributed by atoms with van der Waals surface area (Å²) in [6, 6.07) is 7.91. The molecule has 19 heavy (non-hydrogen) atoms. The number of halogens is 1. The summed E-state index contributed by atoms with van der Waals surface area (Å²) < 4.78 is 7.90. The van der Waals surface area contributed by atoms with Crippen LogP contribution in [0.15, 0.2) is 40.7 Å². The summed E-state index contributed by atoms with van der Waals surface area (Å²) in [6.45, 7) is 0. The van der Waals surface area contributed by atoms with Gasteiger partial charge in [0.2, 0.25) is 5.88 Å². The van der Waals surface area contributed by atoms with E-state index in [4.69, 9.17) is 16.3 Å². The molecular weight excluding hydrogens is 300 g/mol. The van der Waals surface area contributed by atoms with Crippen LogP contribution in [0.25, 0.3) is 4.96 Å². The molecule has 0 spiro atoms. The van der Waals surface area contributed by atoms with Crippen LogP contribution in [0.2, 0.25) is 0 Å². The number of aromatic nitrogens is 2. The topological polar surface area (TPSA) is 26.5 Å². The largest absolute Gasteiger partial charge is 0.436 e. The van der Waals surface area contributed by atoms with Crippen LogP contribution in [0.4, 0.5) is 0 Å². The number of nitrogens with zero attached hydrogens (tertiary/aromatic N) is 2. The van der Waals surface area contributed by atoms with E-state index >= 15 is 0 Å². The van der Waals surface area contributed by atoms with Crippen molar-refractivity contribution >= 4 is 39.7 Å². The number of hydrogen-bond acceptors (Lipinski definition) is 4. The molecule has 6 heteroatoms. The van der Waals surface area contributed by atoms with Gasteiger partial charge in [-0.3, -0.25) is 4.40 Å². The van der Waals surface area contributed by atoms with E-state index in [1.165, 1.54) is 0 Å². The third kappa shape index (κ3) is 2.33. The van der Waals surface area contributed by atoms with Gasteiger partial charge in [0, 0.05) is 16.5 Å². The van der Waals surface area contributed by atoms with E-state index in [0.29, 0.717) is 11.8 Å². The van der Waals surface area contributed by atoms with Gasteiger partial charge in [-0.1, -0.05) is 12.1 Å². The number of thiazole rings is 1. The molecule has 0 aliphatic rings. The minimum atomic E-state index is 0.370. The summed E-state index contributed by atoms with van der Waals surface area (Å²) in [4.78, 5) is 6.46. The average Bonchev–Trinajstić information content (AvgIpc) is 2.99. The fraction of sp³-hybridized carbons (Fsp3) is 0.154. The first-order chi connectivity index (χ1) is 9.33. The molecule has 0 N–H and O–H groups in total. The molecule has 0 aliphatic carbocycles. The van der Waals surface area contributed by atoms with Gasteiger partial charge in [0.05, 0.1) is 5.88 Å². The van der Waals surface area contributed by atoms with Crippen LogP contribution in [0.1, 0.15) is 5.69 Å². The highest BCUT2D eigenvalue weighted by atomic mass is 35.5. The Morgan fingerprint density at radius 2 is 2.26 bits per heavy atom. The van der Waals surface area contributed by atoms with Gasteiger partial charge >= 0.3 is 0 Å². The maximum Gasteiger partial charge on any atom is 0.243 e. The normalized spacial score (nSPS) is 11.1. The van der Waals surface area contributed by atoms with Crippen LogP contribution in [-0.4, -0.2) is 15.6 Å². The quantitative estimate of drug-likeness (QED) is 0.518. The van der Waals surface area contributed by atoms with E-state index < -0.39 is 0 Å². The monoisotopic (exact) mass is 310 g/mol. The van der Waals surface area contributed by atoms with Crippen molar-refractivity contribution < 1.29 is 4.74 Å². The smallest absolute Gasteiger partial charge is 0.243 e. The van der Waals surface area contributed by atoms with E-state index in [1.54, 1.807) is 23.1 Å². The molecule has 0 unspecified atom stereocenters. The number of ether oxygens (including phenoxy) is 1. The minimum Gasteiger partial charge on any atom is -0.436 e. The first-order valence-corrected chi connectivity index (χ1v) is 8.28. The van der Waals surface area contributed by atoms with Crippen LogP contribution >= 0.6 is 34.7 Å². The molecule has 0 aliphatic heterocycles. The van der Waals surface area contributed by atoms with Crippen LogP contribution in [-0.2, 0) is 5.88 Å². The summed E-state index contributed by atoms with van der Waals surface area (Å²) in [5, 5.41) is 1.98. The van der Waals surface area contributed by atoms with Crippen molar-refractivity contribution in [1.82, 2.24) is 9.38 Å². The van der Waals surface area contributed by atoms with Crippen molar-refractivity contribution in [3.63, 3.8) is 0 Å². The number of rotatable bonds is 4. The molecule has 0 saturated heterocycles. The summed E-state index contributed by atoms with van der Waals surface area (Å²) in [5.41, 5.74) is 0.883. The van der Waals surface area contributed by atoms with Gasteiger partial charge in [0.15, 0.2) is 4.96 Å². The van der Waals surface area contributed by atoms with Crippen molar-refractivity contribution in [3.05, 3.63) is 41.5 Å². The Morgan fingerprint density at radius 3 is 3.05 bits per heavy atom. The van der Waals surface area contributed by atoms with Crippen molar-refractivity contribution in [3.8, 4) is 11.6 Å². The fourth-order valence-corrected chi connectivity index (χ4v) is 3.32. The third-order valence-electron chi connectivity index (χ3n) is 2.73. The molecule has 98 valence electrons. The second-order valence-electron chi connectivity index (χ2n) is 3.81. The number of imidazole rings is 1. The van der Waals surface area contributed by atoms with Crippen LogP contribution in [0.3, 0.4) is 0 Å². The Bertz CT molecular complexity index is 708. The van der Waals surface area contributed by atoms with Gasteiger partial charge in [0.1, 0.15) is 11.4 Å². The Kier molecular flexibility index (Phi) is 3.68. The number of hydrogen-bond donors (Lipinski definition) is 0. The summed E-state index contributed by atoms with van der Waals surface area (Å²) in [7, 11) is 0. The highest BCUT2D eigenvalue weighted by molar-refractivity contribution is 7.98. The molecule has 3 rings (SSSR count). The zero-order chi connectivity index (χ0) is 13.2. The number of para-hydroxylation sites is 1. The zero-order valence-corrected chi connectivity index (χ0v) is 12.6. The molecule has 0 bridgehead atoms. The Hall–Kier alpha value is -1.17. The number of alkyl halides is 1. The lowest BCUT2D eigenvalue weighted by Crippen LogP contribution is -1.92. The lowest BCUT2D eigenvalue weighted by molar-refractivity contribution is 0.451. The fourth-order valence-electron chi connectivity index (χ4n) is 1.82. The van der Waals surface area contributed by atoms with Crippen molar-refractivity contribution in [1.29, 1.82) is 0 Å². The number of thioether (sulfide) groups is 1. The standard InChI is InChI=1S/C13H11ClN2OS2/c1-18-11-5-3-2-4-10(11)17-12-9(8-14)16-6-7-19-13(16)15-12/h2-7H,8H2,1H3. The minimum absolute atomic E-state index is 0.370. The second-order valence-corrected chi connectivity index (χ2v) is 5.79. The van der Waals surface area contributed by atoms with E-state index in [9.17, 15) is 0 Å². The van der Waals surface area contributed by atoms with Gasteiger partial charge in [-0.05, 0) is 18.4 Å². The summed E-state index contributed by atoms with van der Waals surface area (Å²) in [6.07, 6.45) is 3.98. The van der Waals surface area contributed by atoms with Crippen LogP contribution in [0.5, 0.6) is 11.6 Å². The Morgan fingerprint density at radius 1 is 1.42 bits per heavy atom. The van der Waals surface area contributed by atoms with Crippen molar-refractivity contribution in [2.75, 3.05) is 6.26 Å². The van der Waals surface area contributed by atoms with Crippen LogP contribution in [0, 0.1) is 0 Å². The molecule has 2 aromatic heterocycles. The van der Waals surface area contributed by atoms with Gasteiger partial charge in [-0.2, -0.15) is 4.98 Å². The molecule has 2 heterocycles. The predicted octanol–water partition coefficient (Wildman–Crippen LogP) is 4.65. The molecule has 0 fully saturated rings. The van der Waals surface area contributed by atoms with Crippen molar-refractivity contribution in [2.45, 2.75) is 10.8 Å². The molecule has 0 atom stereocenters. The van der Waals surface area contributed by atoms with Gasteiger partial charge < -0.3 is 4.74 Å². The molecule has 1 aromatic carbocycles. The molecule has 3 aromatic rings. The van der Waals surface area contributed by atoms with Gasteiger partial charge in [0.25, 0.3) is 0 Å². The third-order valence-corrected chi connectivity index (χ3v) is 4.51. The van der Waals surface area contributed by atoms with Crippen LogP contribution < -0.4 is 4.74 Å². The Labute approximate surface area is 124 Å². The van der Waals surface area contributed by atoms with E-state index in [-0.39, 0.29) is 0 Å². The SMILES string of the molecule is CSc1ccccc1Oc1nc2sccn2c1CCl. The molecule has 0 amide bonds. The van der Waals surface area contributed by atoms with E-state index in [2.05, 4.69) is 4.98 Å².